The van der Waals surface area contributed by atoms with Crippen molar-refractivity contribution >= 4 is 11.9 Å². The Kier molecular flexibility index (Phi) is 5.63. The van der Waals surface area contributed by atoms with Crippen LogP contribution in [0.1, 0.15) is 34.1 Å². The second-order valence-electron chi connectivity index (χ2n) is 5.54. The fourth-order valence-corrected chi connectivity index (χ4v) is 2.55. The van der Waals surface area contributed by atoms with Crippen molar-refractivity contribution in [1.29, 1.82) is 0 Å². The zero-order chi connectivity index (χ0) is 18.6. The van der Waals surface area contributed by atoms with Gasteiger partial charge in [0.05, 0.1) is 37.9 Å². The van der Waals surface area contributed by atoms with Crippen molar-refractivity contribution in [2.45, 2.75) is 19.4 Å². The fraction of sp³-hybridized carbons (Fsp3) is 0.353. The standard InChI is InChI=1S/C17H21N3O5/c1-10-12(9-20(2)19-10)17(23)18-13(8-16(21)22)11-5-6-14(24-3)15(7-11)25-4/h5-7,9,13H,8H2,1-4H3,(H,18,23)(H,21,22). The molecule has 2 rings (SSSR count). The van der Waals surface area contributed by atoms with E-state index in [1.807, 2.05) is 0 Å². The minimum atomic E-state index is -1.03. The van der Waals surface area contributed by atoms with Crippen LogP contribution in [0.25, 0.3) is 0 Å². The highest BCUT2D eigenvalue weighted by Gasteiger charge is 2.22. The van der Waals surface area contributed by atoms with Crippen molar-refractivity contribution in [2.75, 3.05) is 14.2 Å². The van der Waals surface area contributed by atoms with E-state index >= 15 is 0 Å². The van der Waals surface area contributed by atoms with Crippen LogP contribution in [0.2, 0.25) is 0 Å². The van der Waals surface area contributed by atoms with Gasteiger partial charge in [-0.15, -0.1) is 0 Å². The Hall–Kier alpha value is -3.03. The molecular formula is C17H21N3O5. The summed E-state index contributed by atoms with van der Waals surface area (Å²) in [6.45, 7) is 1.72. The zero-order valence-corrected chi connectivity index (χ0v) is 14.6. The largest absolute Gasteiger partial charge is 0.493 e. The van der Waals surface area contributed by atoms with E-state index in [0.29, 0.717) is 28.3 Å². The molecule has 0 bridgehead atoms. The maximum Gasteiger partial charge on any atom is 0.305 e. The van der Waals surface area contributed by atoms with Crippen molar-refractivity contribution in [3.05, 3.63) is 41.2 Å². The van der Waals surface area contributed by atoms with Crippen molar-refractivity contribution < 1.29 is 24.2 Å². The van der Waals surface area contributed by atoms with Crippen molar-refractivity contribution in [1.82, 2.24) is 15.1 Å². The number of aromatic nitrogens is 2. The number of rotatable bonds is 7. The molecule has 0 fully saturated rings. The third-order valence-electron chi connectivity index (χ3n) is 3.75. The number of nitrogens with one attached hydrogen (secondary N) is 1. The van der Waals surface area contributed by atoms with Gasteiger partial charge in [-0.25, -0.2) is 0 Å². The van der Waals surface area contributed by atoms with Crippen LogP contribution < -0.4 is 14.8 Å². The summed E-state index contributed by atoms with van der Waals surface area (Å²) in [5, 5.41) is 16.1. The Morgan fingerprint density at radius 3 is 2.48 bits per heavy atom. The molecule has 1 aromatic heterocycles. The fourth-order valence-electron chi connectivity index (χ4n) is 2.55. The summed E-state index contributed by atoms with van der Waals surface area (Å²) in [7, 11) is 4.72. The molecule has 0 aliphatic heterocycles. The number of carboxylic acid groups (broad SMARTS) is 1. The van der Waals surface area contributed by atoms with E-state index in [2.05, 4.69) is 10.4 Å². The number of aliphatic carboxylic acids is 1. The summed E-state index contributed by atoms with van der Waals surface area (Å²) in [5.74, 6) is -0.424. The van der Waals surface area contributed by atoms with Crippen LogP contribution in [0.15, 0.2) is 24.4 Å². The van der Waals surface area contributed by atoms with Crippen LogP contribution in [-0.4, -0.2) is 41.0 Å². The minimum absolute atomic E-state index is 0.263. The molecule has 25 heavy (non-hydrogen) atoms. The Morgan fingerprint density at radius 2 is 1.96 bits per heavy atom. The topological polar surface area (TPSA) is 103 Å². The summed E-state index contributed by atoms with van der Waals surface area (Å²) in [6, 6.07) is 4.31. The molecule has 0 radical (unpaired) electrons. The number of carbonyl (C=O) groups is 2. The maximum absolute atomic E-state index is 12.5. The SMILES string of the molecule is COc1ccc(C(CC(=O)O)NC(=O)c2cn(C)nc2C)cc1OC. The Morgan fingerprint density at radius 1 is 1.28 bits per heavy atom. The number of nitrogens with zero attached hydrogens (tertiary/aromatic N) is 2. The number of benzene rings is 1. The van der Waals surface area contributed by atoms with Crippen molar-refractivity contribution in [3.8, 4) is 11.5 Å². The van der Waals surface area contributed by atoms with E-state index in [9.17, 15) is 14.7 Å². The number of methoxy groups -OCH3 is 2. The van der Waals surface area contributed by atoms with Gasteiger partial charge < -0.3 is 19.9 Å². The van der Waals surface area contributed by atoms with Crippen LogP contribution >= 0.6 is 0 Å². The highest BCUT2D eigenvalue weighted by Crippen LogP contribution is 2.31. The number of amides is 1. The van der Waals surface area contributed by atoms with Crippen LogP contribution in [0.5, 0.6) is 11.5 Å². The monoisotopic (exact) mass is 347 g/mol. The normalized spacial score (nSPS) is 11.7. The average Bonchev–Trinajstić information content (AvgIpc) is 2.91. The summed E-state index contributed by atoms with van der Waals surface area (Å²) in [5.41, 5.74) is 1.58. The van der Waals surface area contributed by atoms with E-state index in [1.165, 1.54) is 18.9 Å². The number of carboxylic acids is 1. The molecule has 1 amide bonds. The number of hydrogen-bond donors (Lipinski definition) is 2. The Balaban J connectivity index is 2.31. The second kappa shape index (κ2) is 7.69. The van der Waals surface area contributed by atoms with Gasteiger partial charge in [-0.05, 0) is 24.6 Å². The minimum Gasteiger partial charge on any atom is -0.493 e. The van der Waals surface area contributed by atoms with Gasteiger partial charge in [-0.3, -0.25) is 14.3 Å². The molecule has 0 saturated carbocycles. The lowest BCUT2D eigenvalue weighted by atomic mass is 10.0. The van der Waals surface area contributed by atoms with Gasteiger partial charge in [0, 0.05) is 13.2 Å². The van der Waals surface area contributed by atoms with E-state index in [0.717, 1.165) is 0 Å². The molecular weight excluding hydrogens is 326 g/mol. The number of carbonyl (C=O) groups excluding carboxylic acids is 1. The molecule has 0 spiro atoms. The van der Waals surface area contributed by atoms with Crippen LogP contribution in [0.3, 0.4) is 0 Å². The summed E-state index contributed by atoms with van der Waals surface area (Å²) in [4.78, 5) is 23.7. The van der Waals surface area contributed by atoms with Gasteiger partial charge in [0.2, 0.25) is 0 Å². The Bertz CT molecular complexity index is 785. The van der Waals surface area contributed by atoms with Gasteiger partial charge in [0.1, 0.15) is 0 Å². The molecule has 2 aromatic rings. The first-order chi connectivity index (χ1) is 11.8. The third kappa shape index (κ3) is 4.28. The zero-order valence-electron chi connectivity index (χ0n) is 14.6. The van der Waals surface area contributed by atoms with E-state index in [4.69, 9.17) is 9.47 Å². The predicted molar refractivity (Wildman–Crippen MR) is 90.0 cm³/mol. The molecule has 134 valence electrons. The predicted octanol–water partition coefficient (Wildman–Crippen LogP) is 1.69. The van der Waals surface area contributed by atoms with Crippen molar-refractivity contribution in [3.63, 3.8) is 0 Å². The summed E-state index contributed by atoms with van der Waals surface area (Å²) < 4.78 is 12.0. The molecule has 8 heteroatoms. The first-order valence-electron chi connectivity index (χ1n) is 7.60. The lowest BCUT2D eigenvalue weighted by Gasteiger charge is -2.19. The first kappa shape index (κ1) is 18.3. The first-order valence-corrected chi connectivity index (χ1v) is 7.60. The highest BCUT2D eigenvalue weighted by molar-refractivity contribution is 5.95. The summed E-state index contributed by atoms with van der Waals surface area (Å²) in [6.07, 6.45) is 1.33. The molecule has 0 aliphatic rings. The van der Waals surface area contributed by atoms with Crippen LogP contribution in [-0.2, 0) is 11.8 Å². The van der Waals surface area contributed by atoms with E-state index in [1.54, 1.807) is 38.4 Å². The van der Waals surface area contributed by atoms with Gasteiger partial charge in [-0.1, -0.05) is 6.07 Å². The molecule has 1 unspecified atom stereocenters. The number of aryl methyl sites for hydroxylation is 2. The lowest BCUT2D eigenvalue weighted by Crippen LogP contribution is -2.30. The molecule has 0 aliphatic carbocycles. The van der Waals surface area contributed by atoms with Gasteiger partial charge in [0.25, 0.3) is 5.91 Å². The van der Waals surface area contributed by atoms with Gasteiger partial charge >= 0.3 is 5.97 Å². The summed E-state index contributed by atoms with van der Waals surface area (Å²) >= 11 is 0. The third-order valence-corrected chi connectivity index (χ3v) is 3.75. The van der Waals surface area contributed by atoms with Crippen LogP contribution in [0.4, 0.5) is 0 Å². The quantitative estimate of drug-likeness (QED) is 0.790. The number of hydrogen-bond acceptors (Lipinski definition) is 5. The smallest absolute Gasteiger partial charge is 0.305 e. The molecule has 2 N–H and O–H groups in total. The molecule has 0 saturated heterocycles. The molecule has 1 heterocycles. The van der Waals surface area contributed by atoms with E-state index in [-0.39, 0.29) is 12.3 Å². The van der Waals surface area contributed by atoms with Crippen LogP contribution in [0, 0.1) is 6.92 Å². The molecule has 1 atom stereocenters. The lowest BCUT2D eigenvalue weighted by molar-refractivity contribution is -0.137. The molecule has 1 aromatic carbocycles. The Labute approximate surface area is 145 Å². The van der Waals surface area contributed by atoms with Crippen molar-refractivity contribution in [2.24, 2.45) is 7.05 Å². The van der Waals surface area contributed by atoms with Gasteiger partial charge in [-0.2, -0.15) is 5.10 Å². The maximum atomic E-state index is 12.5. The molecule has 8 nitrogen and oxygen atoms in total. The second-order valence-corrected chi connectivity index (χ2v) is 5.54. The van der Waals surface area contributed by atoms with Gasteiger partial charge in [0.15, 0.2) is 11.5 Å². The number of ether oxygens (including phenoxy) is 2. The average molecular weight is 347 g/mol. The highest BCUT2D eigenvalue weighted by atomic mass is 16.5. The van der Waals surface area contributed by atoms with E-state index < -0.39 is 12.0 Å².